The van der Waals surface area contributed by atoms with Crippen molar-refractivity contribution in [1.82, 2.24) is 4.90 Å². The summed E-state index contributed by atoms with van der Waals surface area (Å²) in [7, 11) is 0. The van der Waals surface area contributed by atoms with Gasteiger partial charge in [-0.15, -0.1) is 11.8 Å². The summed E-state index contributed by atoms with van der Waals surface area (Å²) in [5, 5.41) is 0.0720. The summed E-state index contributed by atoms with van der Waals surface area (Å²) >= 11 is 1.81. The minimum absolute atomic E-state index is 0.0720. The van der Waals surface area contributed by atoms with E-state index in [0.717, 1.165) is 35.8 Å². The number of amides is 1. The number of benzene rings is 2. The quantitative estimate of drug-likeness (QED) is 0.851. The third-order valence-corrected chi connectivity index (χ3v) is 5.62. The molecule has 2 aliphatic heterocycles. The lowest BCUT2D eigenvalue weighted by Crippen LogP contribution is -2.30. The predicted octanol–water partition coefficient (Wildman–Crippen LogP) is 3.62. The van der Waals surface area contributed by atoms with Crippen LogP contribution in [0.2, 0.25) is 0 Å². The Balaban J connectivity index is 1.45. The van der Waals surface area contributed by atoms with Crippen LogP contribution >= 0.6 is 11.8 Å². The number of hydrogen-bond donors (Lipinski definition) is 0. The third kappa shape index (κ3) is 3.08. The first-order valence-corrected chi connectivity index (χ1v) is 9.21. The van der Waals surface area contributed by atoms with E-state index in [1.54, 1.807) is 0 Å². The predicted molar refractivity (Wildman–Crippen MR) is 94.2 cm³/mol. The van der Waals surface area contributed by atoms with Crippen LogP contribution in [0.4, 0.5) is 0 Å². The number of nitrogens with zero attached hydrogens (tertiary/aromatic N) is 1. The molecular weight excluding hydrogens is 322 g/mol. The van der Waals surface area contributed by atoms with Crippen molar-refractivity contribution in [2.24, 2.45) is 0 Å². The summed E-state index contributed by atoms with van der Waals surface area (Å²) in [5.41, 5.74) is 2.31. The fraction of sp³-hybridized carbons (Fsp3) is 0.316. The molecule has 2 aromatic carbocycles. The molecule has 4 nitrogen and oxygen atoms in total. The maximum Gasteiger partial charge on any atom is 0.231 e. The first-order valence-electron chi connectivity index (χ1n) is 8.16. The number of hydrogen-bond acceptors (Lipinski definition) is 4. The molecule has 24 heavy (non-hydrogen) atoms. The van der Waals surface area contributed by atoms with Gasteiger partial charge in [0.25, 0.3) is 0 Å². The van der Waals surface area contributed by atoms with E-state index in [2.05, 4.69) is 12.1 Å². The van der Waals surface area contributed by atoms with Gasteiger partial charge >= 0.3 is 0 Å². The average molecular weight is 341 g/mol. The molecule has 1 saturated heterocycles. The van der Waals surface area contributed by atoms with Gasteiger partial charge < -0.3 is 14.4 Å². The Hall–Kier alpha value is -2.14. The van der Waals surface area contributed by atoms with Crippen LogP contribution in [0.25, 0.3) is 0 Å². The zero-order valence-electron chi connectivity index (χ0n) is 13.3. The van der Waals surface area contributed by atoms with E-state index in [9.17, 15) is 4.79 Å². The topological polar surface area (TPSA) is 38.8 Å². The molecule has 2 aliphatic rings. The molecule has 0 bridgehead atoms. The van der Waals surface area contributed by atoms with Gasteiger partial charge in [-0.1, -0.05) is 36.4 Å². The number of thioether (sulfide) groups is 1. The SMILES string of the molecule is O=C(CCc1ccccc1)N1CCS[C@H]1c1ccc2c(c1)OCO2. The lowest BCUT2D eigenvalue weighted by Gasteiger charge is -2.24. The number of aryl methyl sites for hydroxylation is 1. The third-order valence-electron chi connectivity index (χ3n) is 4.36. The second-order valence-corrected chi connectivity index (χ2v) is 7.10. The Labute approximate surface area is 145 Å². The summed E-state index contributed by atoms with van der Waals surface area (Å²) in [5.74, 6) is 2.74. The van der Waals surface area contributed by atoms with Crippen molar-refractivity contribution in [1.29, 1.82) is 0 Å². The van der Waals surface area contributed by atoms with Gasteiger partial charge in [0.15, 0.2) is 11.5 Å². The number of ether oxygens (including phenoxy) is 2. The molecule has 4 rings (SSSR count). The molecule has 2 heterocycles. The van der Waals surface area contributed by atoms with Gasteiger partial charge in [-0.2, -0.15) is 0 Å². The van der Waals surface area contributed by atoms with Crippen LogP contribution in [0.3, 0.4) is 0 Å². The van der Waals surface area contributed by atoms with Crippen LogP contribution in [0.1, 0.15) is 22.9 Å². The largest absolute Gasteiger partial charge is 0.454 e. The molecule has 124 valence electrons. The number of fused-ring (bicyclic) bond motifs is 1. The first kappa shape index (κ1) is 15.4. The normalized spacial score (nSPS) is 18.8. The van der Waals surface area contributed by atoms with Crippen molar-refractivity contribution in [3.05, 3.63) is 59.7 Å². The standard InChI is InChI=1S/C19H19NO3S/c21-18(9-6-14-4-2-1-3-5-14)20-10-11-24-19(20)15-7-8-16-17(12-15)23-13-22-16/h1-5,7-8,12,19H,6,9-11,13H2/t19-/m0/s1. The van der Waals surface area contributed by atoms with Crippen molar-refractivity contribution in [3.8, 4) is 11.5 Å². The smallest absolute Gasteiger partial charge is 0.231 e. The van der Waals surface area contributed by atoms with Crippen LogP contribution in [-0.2, 0) is 11.2 Å². The lowest BCUT2D eigenvalue weighted by molar-refractivity contribution is -0.131. The van der Waals surface area contributed by atoms with Crippen LogP contribution in [0.15, 0.2) is 48.5 Å². The average Bonchev–Trinajstić information content (AvgIpc) is 3.28. The van der Waals surface area contributed by atoms with Gasteiger partial charge in [0.05, 0.1) is 0 Å². The van der Waals surface area contributed by atoms with E-state index in [1.165, 1.54) is 5.56 Å². The van der Waals surface area contributed by atoms with Crippen molar-refractivity contribution < 1.29 is 14.3 Å². The monoisotopic (exact) mass is 341 g/mol. The number of carbonyl (C=O) groups excluding carboxylic acids is 1. The van der Waals surface area contributed by atoms with E-state index in [1.807, 2.05) is 53.1 Å². The van der Waals surface area contributed by atoms with Crippen LogP contribution in [0.5, 0.6) is 11.5 Å². The Morgan fingerprint density at radius 1 is 1.12 bits per heavy atom. The highest BCUT2D eigenvalue weighted by Crippen LogP contribution is 2.42. The maximum absolute atomic E-state index is 12.7. The Kier molecular flexibility index (Phi) is 4.34. The molecule has 0 saturated carbocycles. The Morgan fingerprint density at radius 3 is 2.83 bits per heavy atom. The second-order valence-electron chi connectivity index (χ2n) is 5.91. The van der Waals surface area contributed by atoms with Gasteiger partial charge in [0.2, 0.25) is 12.7 Å². The van der Waals surface area contributed by atoms with Gasteiger partial charge in [-0.3, -0.25) is 4.79 Å². The molecule has 2 aromatic rings. The van der Waals surface area contributed by atoms with E-state index in [4.69, 9.17) is 9.47 Å². The zero-order chi connectivity index (χ0) is 16.4. The molecule has 0 radical (unpaired) electrons. The Bertz CT molecular complexity index is 735. The fourth-order valence-corrected chi connectivity index (χ4v) is 4.38. The summed E-state index contributed by atoms with van der Waals surface area (Å²) in [4.78, 5) is 14.7. The first-order chi connectivity index (χ1) is 11.8. The number of carbonyl (C=O) groups is 1. The van der Waals surface area contributed by atoms with Gasteiger partial charge in [-0.05, 0) is 29.7 Å². The molecule has 0 spiro atoms. The molecule has 1 atom stereocenters. The van der Waals surface area contributed by atoms with E-state index in [-0.39, 0.29) is 18.1 Å². The second kappa shape index (κ2) is 6.77. The van der Waals surface area contributed by atoms with Crippen molar-refractivity contribution in [2.45, 2.75) is 18.2 Å². The minimum Gasteiger partial charge on any atom is -0.454 e. The minimum atomic E-state index is 0.0720. The molecular formula is C19H19NO3S. The fourth-order valence-electron chi connectivity index (χ4n) is 3.11. The summed E-state index contributed by atoms with van der Waals surface area (Å²) < 4.78 is 10.8. The van der Waals surface area contributed by atoms with Crippen LogP contribution in [-0.4, -0.2) is 29.9 Å². The zero-order valence-corrected chi connectivity index (χ0v) is 14.1. The van der Waals surface area contributed by atoms with Gasteiger partial charge in [0.1, 0.15) is 5.37 Å². The van der Waals surface area contributed by atoms with Crippen LogP contribution in [0, 0.1) is 0 Å². The highest BCUT2D eigenvalue weighted by atomic mass is 32.2. The van der Waals surface area contributed by atoms with Crippen molar-refractivity contribution >= 4 is 17.7 Å². The molecule has 0 N–H and O–H groups in total. The van der Waals surface area contributed by atoms with E-state index in [0.29, 0.717) is 6.42 Å². The highest BCUT2D eigenvalue weighted by Gasteiger charge is 2.31. The number of rotatable bonds is 4. The molecule has 1 fully saturated rings. The molecule has 5 heteroatoms. The summed E-state index contributed by atoms with van der Waals surface area (Å²) in [6.45, 7) is 1.08. The van der Waals surface area contributed by atoms with Crippen molar-refractivity contribution in [2.75, 3.05) is 19.1 Å². The van der Waals surface area contributed by atoms with Crippen molar-refractivity contribution in [3.63, 3.8) is 0 Å². The highest BCUT2D eigenvalue weighted by molar-refractivity contribution is 7.99. The molecule has 0 aliphatic carbocycles. The Morgan fingerprint density at radius 2 is 1.96 bits per heavy atom. The lowest BCUT2D eigenvalue weighted by atomic mass is 10.1. The maximum atomic E-state index is 12.7. The van der Waals surface area contributed by atoms with E-state index >= 15 is 0 Å². The van der Waals surface area contributed by atoms with Gasteiger partial charge in [-0.25, -0.2) is 0 Å². The van der Waals surface area contributed by atoms with Gasteiger partial charge in [0, 0.05) is 18.7 Å². The molecule has 0 aromatic heterocycles. The summed E-state index contributed by atoms with van der Waals surface area (Å²) in [6.07, 6.45) is 1.33. The summed E-state index contributed by atoms with van der Waals surface area (Å²) in [6, 6.07) is 16.1. The van der Waals surface area contributed by atoms with Crippen LogP contribution < -0.4 is 9.47 Å². The van der Waals surface area contributed by atoms with E-state index < -0.39 is 0 Å². The molecule has 0 unspecified atom stereocenters. The molecule has 1 amide bonds.